The van der Waals surface area contributed by atoms with Crippen LogP contribution in [0.5, 0.6) is 5.75 Å². The van der Waals surface area contributed by atoms with Gasteiger partial charge in [-0.2, -0.15) is 8.78 Å². The van der Waals surface area contributed by atoms with Gasteiger partial charge in [-0.05, 0) is 18.2 Å². The summed E-state index contributed by atoms with van der Waals surface area (Å²) < 4.78 is 33.2. The largest absolute Gasteiger partial charge is 0.476 e. The van der Waals surface area contributed by atoms with Crippen LogP contribution in [0, 0.1) is 0 Å². The zero-order valence-electron chi connectivity index (χ0n) is 8.84. The Hall–Kier alpha value is -2.44. The first-order valence-corrected chi connectivity index (χ1v) is 4.80. The molecule has 0 unspecified atom stereocenters. The van der Waals surface area contributed by atoms with Crippen molar-refractivity contribution in [3.05, 3.63) is 36.2 Å². The Morgan fingerprint density at radius 2 is 2.22 bits per heavy atom. The van der Waals surface area contributed by atoms with E-state index < -0.39 is 12.6 Å². The average Bonchev–Trinajstić information content (AvgIpc) is 2.77. The fourth-order valence-corrected chi connectivity index (χ4v) is 1.31. The van der Waals surface area contributed by atoms with Gasteiger partial charge >= 0.3 is 12.6 Å². The highest BCUT2D eigenvalue weighted by Crippen LogP contribution is 2.24. The first-order chi connectivity index (χ1) is 8.56. The molecule has 0 aliphatic heterocycles. The van der Waals surface area contributed by atoms with Crippen LogP contribution in [0.3, 0.4) is 0 Å². The third kappa shape index (κ3) is 2.62. The molecule has 0 fully saturated rings. The van der Waals surface area contributed by atoms with E-state index in [-0.39, 0.29) is 17.3 Å². The molecule has 0 spiro atoms. The van der Waals surface area contributed by atoms with Crippen LogP contribution in [-0.4, -0.2) is 22.7 Å². The Bertz CT molecular complexity index is 568. The number of oxazole rings is 1. The van der Waals surface area contributed by atoms with E-state index in [1.54, 1.807) is 0 Å². The van der Waals surface area contributed by atoms with Crippen molar-refractivity contribution in [3.63, 3.8) is 0 Å². The molecule has 0 saturated carbocycles. The molecular weight excluding hydrogens is 248 g/mol. The Balaban J connectivity index is 2.29. The summed E-state index contributed by atoms with van der Waals surface area (Å²) in [6, 6.07) is 5.63. The number of halogens is 2. The number of rotatable bonds is 4. The van der Waals surface area contributed by atoms with Crippen molar-refractivity contribution in [1.82, 2.24) is 4.98 Å². The summed E-state index contributed by atoms with van der Waals surface area (Å²) in [4.78, 5) is 14.3. The van der Waals surface area contributed by atoms with E-state index in [9.17, 15) is 13.6 Å². The highest BCUT2D eigenvalue weighted by atomic mass is 19.3. The second-order valence-electron chi connectivity index (χ2n) is 3.25. The third-order valence-electron chi connectivity index (χ3n) is 2.03. The molecule has 18 heavy (non-hydrogen) atoms. The summed E-state index contributed by atoms with van der Waals surface area (Å²) in [6.45, 7) is -2.93. The molecule has 7 heteroatoms. The van der Waals surface area contributed by atoms with Crippen molar-refractivity contribution in [2.45, 2.75) is 6.61 Å². The maximum Gasteiger partial charge on any atom is 0.387 e. The van der Waals surface area contributed by atoms with Gasteiger partial charge in [0.05, 0.1) is 0 Å². The van der Waals surface area contributed by atoms with Gasteiger partial charge in [0.2, 0.25) is 5.89 Å². The van der Waals surface area contributed by atoms with E-state index in [0.717, 1.165) is 6.26 Å². The number of carboxylic acid groups (broad SMARTS) is 1. The van der Waals surface area contributed by atoms with Crippen LogP contribution in [0.2, 0.25) is 0 Å². The Labute approximate surface area is 99.6 Å². The normalized spacial score (nSPS) is 10.6. The number of alkyl halides is 2. The lowest BCUT2D eigenvalue weighted by Crippen LogP contribution is -2.01. The van der Waals surface area contributed by atoms with Gasteiger partial charge in [-0.25, -0.2) is 9.78 Å². The van der Waals surface area contributed by atoms with Crippen molar-refractivity contribution in [3.8, 4) is 17.2 Å². The SMILES string of the molecule is O=C(O)c1coc(-c2cccc(OC(F)F)c2)n1. The molecule has 1 heterocycles. The van der Waals surface area contributed by atoms with Crippen molar-refractivity contribution >= 4 is 5.97 Å². The molecule has 0 radical (unpaired) electrons. The quantitative estimate of drug-likeness (QED) is 0.909. The number of nitrogens with zero attached hydrogens (tertiary/aromatic N) is 1. The summed E-state index contributed by atoms with van der Waals surface area (Å²) in [5.74, 6) is -1.27. The van der Waals surface area contributed by atoms with Gasteiger partial charge in [-0.1, -0.05) is 6.07 Å². The number of carbonyl (C=O) groups is 1. The maximum absolute atomic E-state index is 12.0. The minimum absolute atomic E-state index is 0.0205. The van der Waals surface area contributed by atoms with Crippen LogP contribution in [0.1, 0.15) is 10.5 Å². The number of aromatic nitrogens is 1. The van der Waals surface area contributed by atoms with Crippen LogP contribution in [-0.2, 0) is 0 Å². The average molecular weight is 255 g/mol. The molecule has 1 aromatic carbocycles. The highest BCUT2D eigenvalue weighted by molar-refractivity contribution is 5.85. The molecule has 5 nitrogen and oxygen atoms in total. The molecule has 2 rings (SSSR count). The van der Waals surface area contributed by atoms with Gasteiger partial charge in [0.25, 0.3) is 0 Å². The number of aromatic carboxylic acids is 1. The van der Waals surface area contributed by atoms with E-state index in [4.69, 9.17) is 9.52 Å². The predicted octanol–water partition coefficient (Wildman–Crippen LogP) is 2.64. The molecule has 0 aliphatic rings. The molecule has 0 bridgehead atoms. The van der Waals surface area contributed by atoms with E-state index in [2.05, 4.69) is 9.72 Å². The van der Waals surface area contributed by atoms with Crippen LogP contribution in [0.15, 0.2) is 34.9 Å². The fraction of sp³-hybridized carbons (Fsp3) is 0.0909. The Morgan fingerprint density at radius 3 is 2.83 bits per heavy atom. The molecule has 1 aromatic heterocycles. The van der Waals surface area contributed by atoms with Crippen LogP contribution in [0.4, 0.5) is 8.78 Å². The van der Waals surface area contributed by atoms with Gasteiger partial charge in [0.15, 0.2) is 5.69 Å². The van der Waals surface area contributed by atoms with Gasteiger partial charge < -0.3 is 14.3 Å². The summed E-state index contributed by atoms with van der Waals surface area (Å²) >= 11 is 0. The zero-order valence-corrected chi connectivity index (χ0v) is 8.84. The topological polar surface area (TPSA) is 72.6 Å². The summed E-state index contributed by atoms with van der Waals surface area (Å²) in [5, 5.41) is 8.67. The zero-order chi connectivity index (χ0) is 13.1. The number of hydrogen-bond donors (Lipinski definition) is 1. The monoisotopic (exact) mass is 255 g/mol. The van der Waals surface area contributed by atoms with E-state index in [1.165, 1.54) is 24.3 Å². The van der Waals surface area contributed by atoms with Crippen molar-refractivity contribution in [2.75, 3.05) is 0 Å². The fourth-order valence-electron chi connectivity index (χ4n) is 1.31. The van der Waals surface area contributed by atoms with Crippen LogP contribution < -0.4 is 4.74 Å². The second kappa shape index (κ2) is 4.82. The predicted molar refractivity (Wildman–Crippen MR) is 55.5 cm³/mol. The van der Waals surface area contributed by atoms with Crippen molar-refractivity contribution in [1.29, 1.82) is 0 Å². The van der Waals surface area contributed by atoms with E-state index >= 15 is 0 Å². The molecule has 1 N–H and O–H groups in total. The minimum Gasteiger partial charge on any atom is -0.476 e. The number of carboxylic acids is 1. The third-order valence-corrected chi connectivity index (χ3v) is 2.03. The number of benzene rings is 1. The molecule has 0 aliphatic carbocycles. The van der Waals surface area contributed by atoms with Crippen LogP contribution in [0.25, 0.3) is 11.5 Å². The van der Waals surface area contributed by atoms with Crippen molar-refractivity contribution < 1.29 is 27.8 Å². The van der Waals surface area contributed by atoms with E-state index in [1.807, 2.05) is 0 Å². The second-order valence-corrected chi connectivity index (χ2v) is 3.25. The lowest BCUT2D eigenvalue weighted by Gasteiger charge is -2.04. The maximum atomic E-state index is 12.0. The van der Waals surface area contributed by atoms with Crippen LogP contribution >= 0.6 is 0 Å². The van der Waals surface area contributed by atoms with Gasteiger partial charge in [-0.3, -0.25) is 0 Å². The smallest absolute Gasteiger partial charge is 0.387 e. The van der Waals surface area contributed by atoms with E-state index in [0.29, 0.717) is 5.56 Å². The van der Waals surface area contributed by atoms with Gasteiger partial charge in [0, 0.05) is 5.56 Å². The summed E-state index contributed by atoms with van der Waals surface area (Å²) in [6.07, 6.45) is 0.971. The van der Waals surface area contributed by atoms with Gasteiger partial charge in [0.1, 0.15) is 12.0 Å². The molecule has 0 atom stereocenters. The molecule has 0 saturated heterocycles. The molecule has 0 amide bonds. The lowest BCUT2D eigenvalue weighted by atomic mass is 10.2. The first-order valence-electron chi connectivity index (χ1n) is 4.80. The summed E-state index contributed by atoms with van der Waals surface area (Å²) in [7, 11) is 0. The molecule has 2 aromatic rings. The lowest BCUT2D eigenvalue weighted by molar-refractivity contribution is -0.0498. The Morgan fingerprint density at radius 1 is 1.44 bits per heavy atom. The van der Waals surface area contributed by atoms with Gasteiger partial charge in [-0.15, -0.1) is 0 Å². The Kier molecular flexibility index (Phi) is 3.22. The molecule has 94 valence electrons. The first kappa shape index (κ1) is 12.0. The van der Waals surface area contributed by atoms with Crippen molar-refractivity contribution in [2.24, 2.45) is 0 Å². The minimum atomic E-state index is -2.93. The molecular formula is C11H7F2NO4. The number of ether oxygens (including phenoxy) is 1. The number of hydrogen-bond acceptors (Lipinski definition) is 4. The highest BCUT2D eigenvalue weighted by Gasteiger charge is 2.13. The summed E-state index contributed by atoms with van der Waals surface area (Å²) in [5.41, 5.74) is 0.0887. The standard InChI is InChI=1S/C11H7F2NO4/c12-11(13)18-7-3-1-2-6(4-7)9-14-8(5-17-9)10(15)16/h1-5,11H,(H,15,16).